The van der Waals surface area contributed by atoms with Crippen LogP contribution in [0.15, 0.2) is 18.2 Å². The van der Waals surface area contributed by atoms with Gasteiger partial charge >= 0.3 is 0 Å². The SMILES string of the molecule is N#Cc1ccc2c(c1)[C@H](N)COC2. The minimum Gasteiger partial charge on any atom is -0.375 e. The van der Waals surface area contributed by atoms with Crippen LogP contribution >= 0.6 is 0 Å². The molecular weight excluding hydrogens is 164 g/mol. The summed E-state index contributed by atoms with van der Waals surface area (Å²) in [6.45, 7) is 1.15. The predicted octanol–water partition coefficient (Wildman–Crippen LogP) is 1.09. The van der Waals surface area contributed by atoms with Gasteiger partial charge in [-0.15, -0.1) is 0 Å². The highest BCUT2D eigenvalue weighted by Gasteiger charge is 2.16. The largest absolute Gasteiger partial charge is 0.375 e. The van der Waals surface area contributed by atoms with Crippen LogP contribution in [0.2, 0.25) is 0 Å². The normalized spacial score (nSPS) is 20.5. The van der Waals surface area contributed by atoms with Crippen LogP contribution in [-0.2, 0) is 11.3 Å². The number of nitrogens with two attached hydrogens (primary N) is 1. The lowest BCUT2D eigenvalue weighted by molar-refractivity contribution is 0.0924. The van der Waals surface area contributed by atoms with Crippen LogP contribution in [0.3, 0.4) is 0 Å². The van der Waals surface area contributed by atoms with Crippen LogP contribution in [0.1, 0.15) is 22.7 Å². The molecule has 1 aliphatic heterocycles. The van der Waals surface area contributed by atoms with Gasteiger partial charge in [-0.2, -0.15) is 5.26 Å². The molecule has 0 amide bonds. The highest BCUT2D eigenvalue weighted by molar-refractivity contribution is 5.40. The zero-order chi connectivity index (χ0) is 9.26. The Bertz CT molecular complexity index is 368. The molecule has 0 aliphatic carbocycles. The third kappa shape index (κ3) is 1.42. The van der Waals surface area contributed by atoms with Gasteiger partial charge in [0, 0.05) is 0 Å². The monoisotopic (exact) mass is 174 g/mol. The molecule has 0 spiro atoms. The van der Waals surface area contributed by atoms with Gasteiger partial charge in [0.15, 0.2) is 0 Å². The summed E-state index contributed by atoms with van der Waals surface area (Å²) in [6, 6.07) is 7.57. The quantitative estimate of drug-likeness (QED) is 0.640. The molecule has 0 unspecified atom stereocenters. The molecule has 0 bridgehead atoms. The molecule has 66 valence electrons. The van der Waals surface area contributed by atoms with Gasteiger partial charge in [-0.1, -0.05) is 6.07 Å². The standard InChI is InChI=1S/C10H10N2O/c11-4-7-1-2-8-5-13-6-10(12)9(8)3-7/h1-3,10H,5-6,12H2/t10-/m1/s1. The fraction of sp³-hybridized carbons (Fsp3) is 0.300. The Hall–Kier alpha value is -1.37. The van der Waals surface area contributed by atoms with Crippen LogP contribution in [0, 0.1) is 11.3 Å². The van der Waals surface area contributed by atoms with Crippen molar-refractivity contribution in [3.8, 4) is 6.07 Å². The van der Waals surface area contributed by atoms with Crippen molar-refractivity contribution < 1.29 is 4.74 Å². The fourth-order valence-electron chi connectivity index (χ4n) is 1.53. The van der Waals surface area contributed by atoms with Crippen LogP contribution in [0.4, 0.5) is 0 Å². The molecule has 0 aromatic heterocycles. The summed E-state index contributed by atoms with van der Waals surface area (Å²) in [5.41, 5.74) is 8.64. The molecule has 1 heterocycles. The van der Waals surface area contributed by atoms with Gasteiger partial charge in [0.25, 0.3) is 0 Å². The van der Waals surface area contributed by atoms with Crippen molar-refractivity contribution in [3.63, 3.8) is 0 Å². The lowest BCUT2D eigenvalue weighted by Crippen LogP contribution is -2.23. The highest BCUT2D eigenvalue weighted by atomic mass is 16.5. The van der Waals surface area contributed by atoms with Crippen molar-refractivity contribution in [1.29, 1.82) is 5.26 Å². The smallest absolute Gasteiger partial charge is 0.0991 e. The van der Waals surface area contributed by atoms with E-state index in [0.717, 1.165) is 11.1 Å². The second-order valence-corrected chi connectivity index (χ2v) is 3.15. The number of rotatable bonds is 0. The summed E-state index contributed by atoms with van der Waals surface area (Å²) in [5.74, 6) is 0. The van der Waals surface area contributed by atoms with Gasteiger partial charge in [-0.3, -0.25) is 0 Å². The highest BCUT2D eigenvalue weighted by Crippen LogP contribution is 2.23. The maximum Gasteiger partial charge on any atom is 0.0991 e. The molecule has 3 heteroatoms. The molecule has 0 radical (unpaired) electrons. The van der Waals surface area contributed by atoms with Crippen LogP contribution in [0.25, 0.3) is 0 Å². The Morgan fingerprint density at radius 1 is 1.54 bits per heavy atom. The minimum atomic E-state index is -0.0861. The molecule has 1 aromatic carbocycles. The Morgan fingerprint density at radius 3 is 3.15 bits per heavy atom. The van der Waals surface area contributed by atoms with Gasteiger partial charge in [0.1, 0.15) is 0 Å². The molecule has 0 saturated heterocycles. The first-order valence-electron chi connectivity index (χ1n) is 4.17. The Morgan fingerprint density at radius 2 is 2.38 bits per heavy atom. The van der Waals surface area contributed by atoms with Gasteiger partial charge in [0.2, 0.25) is 0 Å². The summed E-state index contributed by atoms with van der Waals surface area (Å²) in [7, 11) is 0. The average molecular weight is 174 g/mol. The summed E-state index contributed by atoms with van der Waals surface area (Å²) in [4.78, 5) is 0. The van der Waals surface area contributed by atoms with Crippen molar-refractivity contribution in [2.24, 2.45) is 5.73 Å². The zero-order valence-electron chi connectivity index (χ0n) is 7.16. The Balaban J connectivity index is 2.48. The van der Waals surface area contributed by atoms with E-state index in [4.69, 9.17) is 15.7 Å². The van der Waals surface area contributed by atoms with Crippen LogP contribution in [0.5, 0.6) is 0 Å². The number of benzene rings is 1. The number of hydrogen-bond donors (Lipinski definition) is 1. The van der Waals surface area contributed by atoms with Crippen molar-refractivity contribution >= 4 is 0 Å². The molecule has 2 N–H and O–H groups in total. The maximum atomic E-state index is 8.70. The number of fused-ring (bicyclic) bond motifs is 1. The van der Waals surface area contributed by atoms with E-state index >= 15 is 0 Å². The summed E-state index contributed by atoms with van der Waals surface area (Å²) < 4.78 is 5.27. The van der Waals surface area contributed by atoms with E-state index in [9.17, 15) is 0 Å². The van der Waals surface area contributed by atoms with Gasteiger partial charge < -0.3 is 10.5 Å². The van der Waals surface area contributed by atoms with Crippen molar-refractivity contribution in [2.75, 3.05) is 6.61 Å². The van der Waals surface area contributed by atoms with E-state index in [1.807, 2.05) is 12.1 Å². The van der Waals surface area contributed by atoms with E-state index in [1.165, 1.54) is 0 Å². The van der Waals surface area contributed by atoms with Crippen molar-refractivity contribution in [2.45, 2.75) is 12.6 Å². The summed E-state index contributed by atoms with van der Waals surface area (Å²) in [5, 5.41) is 8.70. The molecule has 1 aromatic rings. The number of nitriles is 1. The van der Waals surface area contributed by atoms with E-state index in [2.05, 4.69) is 6.07 Å². The van der Waals surface area contributed by atoms with E-state index in [1.54, 1.807) is 6.07 Å². The second kappa shape index (κ2) is 3.17. The van der Waals surface area contributed by atoms with Gasteiger partial charge in [-0.25, -0.2) is 0 Å². The number of hydrogen-bond acceptors (Lipinski definition) is 3. The molecule has 1 atom stereocenters. The van der Waals surface area contributed by atoms with Crippen LogP contribution in [-0.4, -0.2) is 6.61 Å². The molecule has 13 heavy (non-hydrogen) atoms. The molecule has 0 saturated carbocycles. The third-order valence-corrected chi connectivity index (χ3v) is 2.23. The van der Waals surface area contributed by atoms with E-state index in [0.29, 0.717) is 18.8 Å². The number of ether oxygens (including phenoxy) is 1. The first-order chi connectivity index (χ1) is 6.31. The van der Waals surface area contributed by atoms with Crippen LogP contribution < -0.4 is 5.73 Å². The molecular formula is C10H10N2O. The second-order valence-electron chi connectivity index (χ2n) is 3.15. The van der Waals surface area contributed by atoms with E-state index < -0.39 is 0 Å². The topological polar surface area (TPSA) is 59.0 Å². The van der Waals surface area contributed by atoms with E-state index in [-0.39, 0.29) is 6.04 Å². The molecule has 3 nitrogen and oxygen atoms in total. The lowest BCUT2D eigenvalue weighted by Gasteiger charge is -2.22. The molecule has 2 rings (SSSR count). The maximum absolute atomic E-state index is 8.70. The lowest BCUT2D eigenvalue weighted by atomic mass is 9.97. The molecule has 0 fully saturated rings. The summed E-state index contributed by atoms with van der Waals surface area (Å²) in [6.07, 6.45) is 0. The predicted molar refractivity (Wildman–Crippen MR) is 47.7 cm³/mol. The Kier molecular flexibility index (Phi) is 2.01. The first-order valence-corrected chi connectivity index (χ1v) is 4.17. The third-order valence-electron chi connectivity index (χ3n) is 2.23. The number of nitrogens with zero attached hydrogens (tertiary/aromatic N) is 1. The fourth-order valence-corrected chi connectivity index (χ4v) is 1.53. The Labute approximate surface area is 76.7 Å². The van der Waals surface area contributed by atoms with Gasteiger partial charge in [-0.05, 0) is 23.3 Å². The first kappa shape index (κ1) is 8.24. The average Bonchev–Trinajstić information content (AvgIpc) is 2.18. The van der Waals surface area contributed by atoms with Crippen molar-refractivity contribution in [3.05, 3.63) is 34.9 Å². The minimum absolute atomic E-state index is 0.0861. The van der Waals surface area contributed by atoms with Gasteiger partial charge in [0.05, 0.1) is 30.9 Å². The summed E-state index contributed by atoms with van der Waals surface area (Å²) >= 11 is 0. The van der Waals surface area contributed by atoms with Crippen molar-refractivity contribution in [1.82, 2.24) is 0 Å². The zero-order valence-corrected chi connectivity index (χ0v) is 7.16. The molecule has 1 aliphatic rings.